The van der Waals surface area contributed by atoms with Crippen molar-refractivity contribution in [1.82, 2.24) is 28.5 Å². The highest BCUT2D eigenvalue weighted by molar-refractivity contribution is 7.89. The van der Waals surface area contributed by atoms with Gasteiger partial charge in [0.25, 0.3) is 11.8 Å². The minimum absolute atomic E-state index is 0.00646. The van der Waals surface area contributed by atoms with E-state index in [4.69, 9.17) is 5.73 Å². The van der Waals surface area contributed by atoms with E-state index in [1.807, 2.05) is 26.8 Å². The molecule has 2 amide bonds. The molecule has 0 aromatic carbocycles. The van der Waals surface area contributed by atoms with Gasteiger partial charge in [0, 0.05) is 52.2 Å². The summed E-state index contributed by atoms with van der Waals surface area (Å²) in [5.41, 5.74) is 8.14. The first-order valence-electron chi connectivity index (χ1n) is 11.0. The highest BCUT2D eigenvalue weighted by Crippen LogP contribution is 2.27. The molecule has 0 spiro atoms. The van der Waals surface area contributed by atoms with Gasteiger partial charge in [-0.1, -0.05) is 13.8 Å². The molecule has 11 nitrogen and oxygen atoms in total. The Morgan fingerprint density at radius 1 is 1.09 bits per heavy atom. The van der Waals surface area contributed by atoms with Crippen LogP contribution in [0.1, 0.15) is 52.0 Å². The van der Waals surface area contributed by atoms with Crippen molar-refractivity contribution in [3.05, 3.63) is 41.0 Å². The van der Waals surface area contributed by atoms with Gasteiger partial charge in [0.15, 0.2) is 5.65 Å². The number of pyridine rings is 1. The number of carbonyl (C=O) groups is 2. The van der Waals surface area contributed by atoms with Crippen molar-refractivity contribution in [2.75, 3.05) is 26.2 Å². The first kappa shape index (κ1) is 23.9. The van der Waals surface area contributed by atoms with Crippen LogP contribution in [-0.2, 0) is 24.1 Å². The number of carbonyl (C=O) groups excluding carboxylic acids is 2. The van der Waals surface area contributed by atoms with Crippen molar-refractivity contribution in [1.29, 1.82) is 0 Å². The average molecular weight is 488 g/mol. The largest absolute Gasteiger partial charge is 0.364 e. The van der Waals surface area contributed by atoms with E-state index in [2.05, 4.69) is 10.1 Å². The fourth-order valence-corrected chi connectivity index (χ4v) is 5.79. The van der Waals surface area contributed by atoms with Crippen molar-refractivity contribution < 1.29 is 18.0 Å². The zero-order chi connectivity index (χ0) is 24.9. The summed E-state index contributed by atoms with van der Waals surface area (Å²) in [4.78, 5) is 31.4. The molecule has 12 heteroatoms. The summed E-state index contributed by atoms with van der Waals surface area (Å²) >= 11 is 0. The van der Waals surface area contributed by atoms with E-state index >= 15 is 0 Å². The fourth-order valence-electron chi connectivity index (χ4n) is 4.30. The molecular weight excluding hydrogens is 458 g/mol. The van der Waals surface area contributed by atoms with Crippen molar-refractivity contribution in [3.63, 3.8) is 0 Å². The highest BCUT2D eigenvalue weighted by atomic mass is 32.2. The molecule has 3 aromatic rings. The predicted molar refractivity (Wildman–Crippen MR) is 126 cm³/mol. The van der Waals surface area contributed by atoms with Crippen molar-refractivity contribution in [2.45, 2.75) is 31.6 Å². The first-order valence-corrected chi connectivity index (χ1v) is 12.5. The Kier molecular flexibility index (Phi) is 5.98. The van der Waals surface area contributed by atoms with Crippen LogP contribution in [0.2, 0.25) is 0 Å². The molecule has 0 unspecified atom stereocenters. The Morgan fingerprint density at radius 2 is 1.74 bits per heavy atom. The van der Waals surface area contributed by atoms with Crippen molar-refractivity contribution in [3.8, 4) is 0 Å². The molecular formula is C22H29N7O4S. The lowest BCUT2D eigenvalue weighted by Crippen LogP contribution is -2.50. The monoisotopic (exact) mass is 487 g/mol. The second-order valence-electron chi connectivity index (χ2n) is 8.89. The van der Waals surface area contributed by atoms with Gasteiger partial charge in [-0.3, -0.25) is 14.3 Å². The zero-order valence-corrected chi connectivity index (χ0v) is 20.8. The van der Waals surface area contributed by atoms with Crippen LogP contribution in [0.25, 0.3) is 11.0 Å². The summed E-state index contributed by atoms with van der Waals surface area (Å²) < 4.78 is 30.6. The fraction of sp³-hybridized carbons (Fsp3) is 0.455. The number of hydrogen-bond donors (Lipinski definition) is 1. The highest BCUT2D eigenvalue weighted by Gasteiger charge is 2.33. The predicted octanol–water partition coefficient (Wildman–Crippen LogP) is 0.984. The summed E-state index contributed by atoms with van der Waals surface area (Å²) in [6.45, 7) is 6.66. The third kappa shape index (κ3) is 3.96. The average Bonchev–Trinajstić information content (AvgIpc) is 3.32. The number of nitrogens with zero attached hydrogens (tertiary/aromatic N) is 6. The van der Waals surface area contributed by atoms with Crippen LogP contribution in [0.5, 0.6) is 0 Å². The standard InChI is InChI=1S/C22H29N7O4S/c1-13(2)17-11-16(19-14(3)25-27(5)21(19)24-17)22(31)28-6-8-29(9-7-28)34(32,33)15-10-18(20(23)30)26(4)12-15/h10-13H,6-9H2,1-5H3,(H2,23,30). The summed E-state index contributed by atoms with van der Waals surface area (Å²) in [5.74, 6) is -0.739. The van der Waals surface area contributed by atoms with E-state index in [1.165, 1.54) is 21.1 Å². The molecule has 0 aliphatic carbocycles. The topological polar surface area (TPSA) is 136 Å². The number of fused-ring (bicyclic) bond motifs is 1. The normalized spacial score (nSPS) is 15.4. The van der Waals surface area contributed by atoms with E-state index in [-0.39, 0.29) is 48.6 Å². The lowest BCUT2D eigenvalue weighted by atomic mass is 10.0. The molecule has 1 fully saturated rings. The van der Waals surface area contributed by atoms with Gasteiger partial charge in [0.2, 0.25) is 10.0 Å². The van der Waals surface area contributed by atoms with Crippen LogP contribution >= 0.6 is 0 Å². The van der Waals surface area contributed by atoms with E-state index in [0.29, 0.717) is 11.2 Å². The van der Waals surface area contributed by atoms with Gasteiger partial charge >= 0.3 is 0 Å². The van der Waals surface area contributed by atoms with Gasteiger partial charge in [-0.25, -0.2) is 13.4 Å². The van der Waals surface area contributed by atoms with Gasteiger partial charge in [-0.05, 0) is 25.0 Å². The van der Waals surface area contributed by atoms with Crippen LogP contribution in [0.4, 0.5) is 0 Å². The maximum atomic E-state index is 13.5. The molecule has 34 heavy (non-hydrogen) atoms. The van der Waals surface area contributed by atoms with E-state index < -0.39 is 15.9 Å². The lowest BCUT2D eigenvalue weighted by molar-refractivity contribution is 0.0699. The van der Waals surface area contributed by atoms with Gasteiger partial charge in [-0.2, -0.15) is 9.40 Å². The Bertz CT molecular complexity index is 1400. The van der Waals surface area contributed by atoms with Crippen LogP contribution in [0.3, 0.4) is 0 Å². The number of hydrogen-bond acceptors (Lipinski definition) is 6. The summed E-state index contributed by atoms with van der Waals surface area (Å²) in [7, 11) is -0.454. The molecule has 0 bridgehead atoms. The first-order chi connectivity index (χ1) is 15.9. The number of nitrogens with two attached hydrogens (primary N) is 1. The molecule has 1 aliphatic rings. The van der Waals surface area contributed by atoms with Gasteiger partial charge < -0.3 is 15.2 Å². The third-order valence-electron chi connectivity index (χ3n) is 6.21. The molecule has 0 radical (unpaired) electrons. The molecule has 1 saturated heterocycles. The van der Waals surface area contributed by atoms with E-state index in [1.54, 1.807) is 23.7 Å². The molecule has 4 heterocycles. The zero-order valence-electron chi connectivity index (χ0n) is 19.9. The quantitative estimate of drug-likeness (QED) is 0.570. The van der Waals surface area contributed by atoms with Gasteiger partial charge in [0.05, 0.1) is 16.6 Å². The Labute approximate surface area is 198 Å². The third-order valence-corrected chi connectivity index (χ3v) is 8.07. The molecule has 0 saturated carbocycles. The van der Waals surface area contributed by atoms with Crippen molar-refractivity contribution >= 4 is 32.9 Å². The van der Waals surface area contributed by atoms with Gasteiger partial charge in [-0.15, -0.1) is 0 Å². The minimum Gasteiger partial charge on any atom is -0.364 e. The Hall–Kier alpha value is -3.25. The minimum atomic E-state index is -3.82. The van der Waals surface area contributed by atoms with Crippen LogP contribution in [-0.4, -0.2) is 74.9 Å². The number of primary amides is 1. The molecule has 4 rings (SSSR count). The molecule has 3 aromatic heterocycles. The second kappa shape index (κ2) is 8.51. The molecule has 0 atom stereocenters. The summed E-state index contributed by atoms with van der Waals surface area (Å²) in [5, 5.41) is 5.16. The lowest BCUT2D eigenvalue weighted by Gasteiger charge is -2.34. The van der Waals surface area contributed by atoms with E-state index in [9.17, 15) is 18.0 Å². The Balaban J connectivity index is 1.58. The maximum Gasteiger partial charge on any atom is 0.265 e. The number of piperazine rings is 1. The van der Waals surface area contributed by atoms with Crippen LogP contribution < -0.4 is 5.73 Å². The SMILES string of the molecule is Cc1nn(C)c2nc(C(C)C)cc(C(=O)N3CCN(S(=O)(=O)c4cc(C(N)=O)n(C)c4)CC3)c12. The Morgan fingerprint density at radius 3 is 2.29 bits per heavy atom. The molecule has 2 N–H and O–H groups in total. The number of rotatable bonds is 5. The number of aryl methyl sites for hydroxylation is 3. The summed E-state index contributed by atoms with van der Waals surface area (Å²) in [6.07, 6.45) is 1.37. The van der Waals surface area contributed by atoms with Gasteiger partial charge in [0.1, 0.15) is 10.6 Å². The number of amides is 2. The number of sulfonamides is 1. The van der Waals surface area contributed by atoms with Crippen molar-refractivity contribution in [2.24, 2.45) is 19.8 Å². The number of aromatic nitrogens is 4. The van der Waals surface area contributed by atoms with E-state index in [0.717, 1.165) is 16.8 Å². The summed E-state index contributed by atoms with van der Waals surface area (Å²) in [6, 6.07) is 3.10. The molecule has 182 valence electrons. The maximum absolute atomic E-state index is 13.5. The van der Waals surface area contributed by atoms with Crippen LogP contribution in [0, 0.1) is 6.92 Å². The smallest absolute Gasteiger partial charge is 0.265 e. The van der Waals surface area contributed by atoms with Crippen LogP contribution in [0.15, 0.2) is 23.2 Å². The second-order valence-corrected chi connectivity index (χ2v) is 10.8. The molecule has 1 aliphatic heterocycles.